The van der Waals surface area contributed by atoms with Gasteiger partial charge < -0.3 is 14.2 Å². The number of rotatable bonds is 6. The molecular weight excluding hydrogens is 400 g/mol. The van der Waals surface area contributed by atoms with Gasteiger partial charge in [-0.3, -0.25) is 4.79 Å². The number of benzene rings is 2. The fraction of sp³-hybridized carbons (Fsp3) is 0.286. The summed E-state index contributed by atoms with van der Waals surface area (Å²) < 4.78 is 17.9. The number of hydrogen-bond acceptors (Lipinski definition) is 8. The monoisotopic (exact) mass is 422 g/mol. The van der Waals surface area contributed by atoms with Gasteiger partial charge in [0, 0.05) is 13.3 Å². The second-order valence-electron chi connectivity index (χ2n) is 6.89. The summed E-state index contributed by atoms with van der Waals surface area (Å²) in [6.07, 6.45) is 2.05. The zero-order chi connectivity index (χ0) is 22.0. The Kier molecular flexibility index (Phi) is 5.52. The number of amides is 1. The highest BCUT2D eigenvalue weighted by atomic mass is 16.5. The van der Waals surface area contributed by atoms with Crippen LogP contribution in [0, 0.1) is 0 Å². The van der Waals surface area contributed by atoms with Crippen molar-refractivity contribution < 1.29 is 19.0 Å². The van der Waals surface area contributed by atoms with Crippen LogP contribution in [0.3, 0.4) is 0 Å². The van der Waals surface area contributed by atoms with Crippen molar-refractivity contribution in [1.29, 1.82) is 0 Å². The van der Waals surface area contributed by atoms with Crippen LogP contribution in [0.5, 0.6) is 17.2 Å². The molecular formula is C21H22N6O4. The first kappa shape index (κ1) is 20.3. The Bertz CT molecular complexity index is 1100. The number of ether oxygens (including phenoxy) is 3. The fourth-order valence-electron chi connectivity index (χ4n) is 3.64. The molecule has 0 saturated carbocycles. The summed E-state index contributed by atoms with van der Waals surface area (Å²) in [6.45, 7) is 1.49. The molecule has 1 unspecified atom stereocenters. The van der Waals surface area contributed by atoms with Crippen LogP contribution in [0.1, 0.15) is 30.5 Å². The van der Waals surface area contributed by atoms with Crippen LogP contribution in [0.15, 0.2) is 47.8 Å². The molecule has 2 aromatic carbocycles. The van der Waals surface area contributed by atoms with Gasteiger partial charge in [-0.25, -0.2) is 9.69 Å². The van der Waals surface area contributed by atoms with E-state index in [0.717, 1.165) is 22.5 Å². The zero-order valence-electron chi connectivity index (χ0n) is 17.6. The maximum absolute atomic E-state index is 12.4. The van der Waals surface area contributed by atoms with Gasteiger partial charge in [0.15, 0.2) is 11.5 Å². The Hall–Kier alpha value is -3.95. The largest absolute Gasteiger partial charge is 0.493 e. The molecule has 1 aliphatic heterocycles. The van der Waals surface area contributed by atoms with E-state index in [4.69, 9.17) is 14.2 Å². The van der Waals surface area contributed by atoms with Crippen molar-refractivity contribution in [3.8, 4) is 22.9 Å². The summed E-state index contributed by atoms with van der Waals surface area (Å²) in [6, 6.07) is 11.1. The molecule has 10 heteroatoms. The Balaban J connectivity index is 1.71. The van der Waals surface area contributed by atoms with Crippen molar-refractivity contribution in [2.75, 3.05) is 21.3 Å². The predicted octanol–water partition coefficient (Wildman–Crippen LogP) is 2.39. The number of nitrogens with zero attached hydrogens (tertiary/aromatic N) is 6. The van der Waals surface area contributed by atoms with E-state index >= 15 is 0 Å². The van der Waals surface area contributed by atoms with Crippen molar-refractivity contribution in [1.82, 2.24) is 25.2 Å². The van der Waals surface area contributed by atoms with Crippen LogP contribution < -0.4 is 14.2 Å². The lowest BCUT2D eigenvalue weighted by Crippen LogP contribution is -2.24. The van der Waals surface area contributed by atoms with Gasteiger partial charge in [-0.15, -0.1) is 5.10 Å². The number of tetrazole rings is 1. The van der Waals surface area contributed by atoms with E-state index in [-0.39, 0.29) is 11.9 Å². The lowest BCUT2D eigenvalue weighted by Gasteiger charge is -2.22. The number of hydrazone groups is 1. The molecule has 0 spiro atoms. The van der Waals surface area contributed by atoms with Crippen LogP contribution in [-0.2, 0) is 4.79 Å². The molecule has 2 heterocycles. The number of carbonyl (C=O) groups is 1. The SMILES string of the molecule is COc1cc(C2CC(c3cccc(-n4cnnn4)c3)=NN2C(C)=O)cc(OC)c1OC. The number of aromatic nitrogens is 4. The fourth-order valence-corrected chi connectivity index (χ4v) is 3.64. The molecule has 0 bridgehead atoms. The van der Waals surface area contributed by atoms with Crippen LogP contribution in [0.2, 0.25) is 0 Å². The smallest absolute Gasteiger partial charge is 0.240 e. The molecule has 0 radical (unpaired) electrons. The van der Waals surface area contributed by atoms with Crippen LogP contribution in [0.25, 0.3) is 5.69 Å². The molecule has 1 aliphatic rings. The highest BCUT2D eigenvalue weighted by Crippen LogP contribution is 2.43. The minimum Gasteiger partial charge on any atom is -0.493 e. The quantitative estimate of drug-likeness (QED) is 0.601. The van der Waals surface area contributed by atoms with Crippen LogP contribution in [0.4, 0.5) is 0 Å². The molecule has 10 nitrogen and oxygen atoms in total. The van der Waals surface area contributed by atoms with E-state index in [9.17, 15) is 4.79 Å². The summed E-state index contributed by atoms with van der Waals surface area (Å²) in [7, 11) is 4.67. The first-order chi connectivity index (χ1) is 15.0. The minimum atomic E-state index is -0.308. The third-order valence-electron chi connectivity index (χ3n) is 5.10. The molecule has 160 valence electrons. The highest BCUT2D eigenvalue weighted by molar-refractivity contribution is 6.03. The Morgan fingerprint density at radius 1 is 1.06 bits per heavy atom. The first-order valence-electron chi connectivity index (χ1n) is 9.56. The molecule has 31 heavy (non-hydrogen) atoms. The Labute approximate surface area is 179 Å². The van der Waals surface area contributed by atoms with E-state index in [1.165, 1.54) is 18.3 Å². The normalized spacial score (nSPS) is 15.5. The number of methoxy groups -OCH3 is 3. The maximum Gasteiger partial charge on any atom is 0.240 e. The summed E-state index contributed by atoms with van der Waals surface area (Å²) in [4.78, 5) is 12.4. The third-order valence-corrected chi connectivity index (χ3v) is 5.10. The maximum atomic E-state index is 12.4. The van der Waals surface area contributed by atoms with Gasteiger partial charge in [-0.2, -0.15) is 5.10 Å². The second kappa shape index (κ2) is 8.42. The Morgan fingerprint density at radius 2 is 1.81 bits per heavy atom. The van der Waals surface area contributed by atoms with E-state index in [1.54, 1.807) is 26.0 Å². The average molecular weight is 422 g/mol. The van der Waals surface area contributed by atoms with Crippen molar-refractivity contribution in [3.63, 3.8) is 0 Å². The van der Waals surface area contributed by atoms with Crippen molar-refractivity contribution >= 4 is 11.6 Å². The van der Waals surface area contributed by atoms with Crippen molar-refractivity contribution in [2.45, 2.75) is 19.4 Å². The summed E-state index contributed by atoms with van der Waals surface area (Å²) in [5, 5.41) is 17.4. The lowest BCUT2D eigenvalue weighted by molar-refractivity contribution is -0.130. The van der Waals surface area contributed by atoms with Gasteiger partial charge in [0.2, 0.25) is 11.7 Å². The average Bonchev–Trinajstić information content (AvgIpc) is 3.48. The second-order valence-corrected chi connectivity index (χ2v) is 6.89. The van der Waals surface area contributed by atoms with Crippen LogP contribution >= 0.6 is 0 Å². The lowest BCUT2D eigenvalue weighted by atomic mass is 9.97. The number of hydrogen-bond donors (Lipinski definition) is 0. The number of carbonyl (C=O) groups excluding carboxylic acids is 1. The zero-order valence-corrected chi connectivity index (χ0v) is 17.6. The molecule has 1 amide bonds. The molecule has 1 aromatic heterocycles. The molecule has 0 N–H and O–H groups in total. The first-order valence-corrected chi connectivity index (χ1v) is 9.56. The topological polar surface area (TPSA) is 104 Å². The molecule has 1 atom stereocenters. The van der Waals surface area contributed by atoms with Gasteiger partial charge in [-0.05, 0) is 45.8 Å². The van der Waals surface area contributed by atoms with Gasteiger partial charge in [0.25, 0.3) is 0 Å². The van der Waals surface area contributed by atoms with Gasteiger partial charge in [0.1, 0.15) is 6.33 Å². The van der Waals surface area contributed by atoms with E-state index in [0.29, 0.717) is 23.7 Å². The van der Waals surface area contributed by atoms with Gasteiger partial charge in [0.05, 0.1) is 38.8 Å². The molecule has 4 rings (SSSR count). The van der Waals surface area contributed by atoms with E-state index < -0.39 is 0 Å². The van der Waals surface area contributed by atoms with Crippen molar-refractivity contribution in [3.05, 3.63) is 53.9 Å². The van der Waals surface area contributed by atoms with Crippen molar-refractivity contribution in [2.24, 2.45) is 5.10 Å². The van der Waals surface area contributed by atoms with Gasteiger partial charge >= 0.3 is 0 Å². The Morgan fingerprint density at radius 3 is 2.39 bits per heavy atom. The molecule has 3 aromatic rings. The van der Waals surface area contributed by atoms with E-state index in [2.05, 4.69) is 20.6 Å². The standard InChI is InChI=1S/C21H22N6O4/c1-13(28)27-18(15-9-19(29-2)21(31-4)20(10-15)30-3)11-17(23-27)14-6-5-7-16(8-14)26-12-22-24-25-26/h5-10,12,18H,11H2,1-4H3. The molecule has 0 fully saturated rings. The molecule has 0 aliphatic carbocycles. The summed E-state index contributed by atoms with van der Waals surface area (Å²) >= 11 is 0. The predicted molar refractivity (Wildman–Crippen MR) is 112 cm³/mol. The van der Waals surface area contributed by atoms with E-state index in [1.807, 2.05) is 36.4 Å². The van der Waals surface area contributed by atoms with Crippen LogP contribution in [-0.4, -0.2) is 58.2 Å². The highest BCUT2D eigenvalue weighted by Gasteiger charge is 2.33. The van der Waals surface area contributed by atoms with Gasteiger partial charge in [-0.1, -0.05) is 12.1 Å². The molecule has 0 saturated heterocycles. The summed E-state index contributed by atoms with van der Waals surface area (Å²) in [5.74, 6) is 1.38. The third kappa shape index (κ3) is 3.79. The minimum absolute atomic E-state index is 0.162. The summed E-state index contributed by atoms with van der Waals surface area (Å²) in [5.41, 5.74) is 3.30.